The number of aryl methyl sites for hydroxylation is 1. The topological polar surface area (TPSA) is 23.8 Å². The second kappa shape index (κ2) is 7.78. The number of benzene rings is 1. The number of hydrogen-bond donors (Lipinski definition) is 0. The van der Waals surface area contributed by atoms with E-state index in [2.05, 4.69) is 31.2 Å². The zero-order valence-electron chi connectivity index (χ0n) is 12.6. The lowest BCUT2D eigenvalue weighted by Crippen LogP contribution is -2.11. The minimum Gasteiger partial charge on any atom is -0.195 e. The van der Waals surface area contributed by atoms with E-state index < -0.39 is 5.83 Å². The van der Waals surface area contributed by atoms with Gasteiger partial charge in [0.25, 0.3) is 0 Å². The molecule has 0 unspecified atom stereocenters. The Balaban J connectivity index is 1.86. The minimum absolute atomic E-state index is 0.513. The van der Waals surface area contributed by atoms with Crippen LogP contribution >= 0.6 is 0 Å². The Kier molecular flexibility index (Phi) is 5.75. The van der Waals surface area contributed by atoms with Gasteiger partial charge in [-0.25, -0.2) is 0 Å². The van der Waals surface area contributed by atoms with Crippen LogP contribution in [0, 0.1) is 17.2 Å². The first-order valence-electron chi connectivity index (χ1n) is 7.75. The molecular formula is C19H22FN. The van der Waals surface area contributed by atoms with Gasteiger partial charge in [-0.05, 0) is 61.1 Å². The van der Waals surface area contributed by atoms with Crippen LogP contribution in [-0.2, 0) is 6.42 Å². The van der Waals surface area contributed by atoms with Crippen molar-refractivity contribution in [1.82, 2.24) is 0 Å². The molecule has 1 nitrogen and oxygen atoms in total. The molecule has 1 aliphatic rings. The summed E-state index contributed by atoms with van der Waals surface area (Å²) in [6.07, 6.45) is 10.7. The third kappa shape index (κ3) is 4.56. The molecular weight excluding hydrogens is 261 g/mol. The van der Waals surface area contributed by atoms with Gasteiger partial charge in [-0.15, -0.1) is 0 Å². The van der Waals surface area contributed by atoms with E-state index in [0.29, 0.717) is 11.8 Å². The largest absolute Gasteiger partial charge is 0.199 e. The highest BCUT2D eigenvalue weighted by Gasteiger charge is 2.20. The average molecular weight is 283 g/mol. The second-order valence-corrected chi connectivity index (χ2v) is 5.72. The highest BCUT2D eigenvalue weighted by molar-refractivity contribution is 5.26. The molecule has 0 amide bonds. The number of rotatable bonds is 4. The molecule has 110 valence electrons. The maximum Gasteiger partial charge on any atom is 0.199 e. The summed E-state index contributed by atoms with van der Waals surface area (Å²) in [5.74, 6) is 0.446. The van der Waals surface area contributed by atoms with E-state index >= 15 is 0 Å². The predicted molar refractivity (Wildman–Crippen MR) is 84.5 cm³/mol. The van der Waals surface area contributed by atoms with Gasteiger partial charge in [0.05, 0.1) is 0 Å². The summed E-state index contributed by atoms with van der Waals surface area (Å²) in [5, 5.41) is 8.34. The standard InChI is InChI=1S/C19H22FN/c1-2-15-6-10-17(11-7-15)18-12-8-16(9-13-18)4-3-5-19(20)14-21/h3-7,10-11,16,18H,2,8-9,12-13H2,1H3/t16-,18-. The number of halogens is 1. The third-order valence-corrected chi connectivity index (χ3v) is 4.36. The van der Waals surface area contributed by atoms with E-state index in [1.54, 1.807) is 6.08 Å². The lowest BCUT2D eigenvalue weighted by atomic mass is 9.78. The van der Waals surface area contributed by atoms with Crippen LogP contribution in [0.5, 0.6) is 0 Å². The zero-order valence-corrected chi connectivity index (χ0v) is 12.6. The Bertz CT molecular complexity index is 540. The molecule has 0 bridgehead atoms. The second-order valence-electron chi connectivity index (χ2n) is 5.72. The molecule has 0 saturated heterocycles. The zero-order chi connectivity index (χ0) is 15.1. The maximum absolute atomic E-state index is 12.7. The van der Waals surface area contributed by atoms with E-state index in [4.69, 9.17) is 5.26 Å². The molecule has 0 aromatic heterocycles. The fourth-order valence-corrected chi connectivity index (χ4v) is 3.00. The lowest BCUT2D eigenvalue weighted by molar-refractivity contribution is 0.376. The van der Waals surface area contributed by atoms with Crippen molar-refractivity contribution >= 4 is 0 Å². The van der Waals surface area contributed by atoms with Gasteiger partial charge in [-0.3, -0.25) is 0 Å². The number of nitrogens with zero attached hydrogens (tertiary/aromatic N) is 1. The molecule has 0 aliphatic heterocycles. The highest BCUT2D eigenvalue weighted by atomic mass is 19.1. The molecule has 0 spiro atoms. The van der Waals surface area contributed by atoms with E-state index in [9.17, 15) is 4.39 Å². The first kappa shape index (κ1) is 15.5. The number of hydrogen-bond acceptors (Lipinski definition) is 1. The summed E-state index contributed by atoms with van der Waals surface area (Å²) in [6, 6.07) is 10.5. The van der Waals surface area contributed by atoms with E-state index in [-0.39, 0.29) is 0 Å². The van der Waals surface area contributed by atoms with Crippen molar-refractivity contribution in [2.45, 2.75) is 44.9 Å². The Labute approximate surface area is 126 Å². The molecule has 0 heterocycles. The molecule has 1 saturated carbocycles. The first-order valence-corrected chi connectivity index (χ1v) is 7.75. The van der Waals surface area contributed by atoms with E-state index in [1.165, 1.54) is 36.1 Å². The Hall–Kier alpha value is -1.88. The van der Waals surface area contributed by atoms with Crippen LogP contribution in [0.3, 0.4) is 0 Å². The highest BCUT2D eigenvalue weighted by Crippen LogP contribution is 2.36. The van der Waals surface area contributed by atoms with Crippen molar-refractivity contribution in [3.8, 4) is 6.07 Å². The summed E-state index contributed by atoms with van der Waals surface area (Å²) in [4.78, 5) is 0. The molecule has 1 aliphatic carbocycles. The van der Waals surface area contributed by atoms with Crippen LogP contribution in [0.25, 0.3) is 0 Å². The molecule has 1 fully saturated rings. The van der Waals surface area contributed by atoms with Crippen LogP contribution in [0.15, 0.2) is 48.3 Å². The molecule has 1 aromatic carbocycles. The van der Waals surface area contributed by atoms with Gasteiger partial charge in [0.1, 0.15) is 6.07 Å². The maximum atomic E-state index is 12.7. The van der Waals surface area contributed by atoms with Crippen molar-refractivity contribution in [3.63, 3.8) is 0 Å². The molecule has 21 heavy (non-hydrogen) atoms. The summed E-state index contributed by atoms with van der Waals surface area (Å²) in [5.41, 5.74) is 2.84. The smallest absolute Gasteiger partial charge is 0.195 e. The quantitative estimate of drug-likeness (QED) is 0.532. The van der Waals surface area contributed by atoms with Crippen LogP contribution < -0.4 is 0 Å². The Morgan fingerprint density at radius 2 is 1.90 bits per heavy atom. The molecule has 1 aromatic rings. The van der Waals surface area contributed by atoms with Crippen molar-refractivity contribution in [1.29, 1.82) is 5.26 Å². The molecule has 0 radical (unpaired) electrons. The van der Waals surface area contributed by atoms with E-state index in [1.807, 2.05) is 6.08 Å². The van der Waals surface area contributed by atoms with Gasteiger partial charge in [0.2, 0.25) is 0 Å². The van der Waals surface area contributed by atoms with E-state index in [0.717, 1.165) is 19.3 Å². The number of nitriles is 1. The Morgan fingerprint density at radius 1 is 1.24 bits per heavy atom. The minimum atomic E-state index is -0.726. The molecule has 2 rings (SSSR count). The molecule has 0 atom stereocenters. The van der Waals surface area contributed by atoms with Crippen molar-refractivity contribution in [3.05, 3.63) is 59.4 Å². The van der Waals surface area contributed by atoms with Gasteiger partial charge in [0.15, 0.2) is 5.83 Å². The number of allylic oxidation sites excluding steroid dienone is 4. The van der Waals surface area contributed by atoms with Crippen LogP contribution in [-0.4, -0.2) is 0 Å². The summed E-state index contributed by atoms with van der Waals surface area (Å²) in [6.45, 7) is 2.18. The fraction of sp³-hybridized carbons (Fsp3) is 0.421. The van der Waals surface area contributed by atoms with Crippen LogP contribution in [0.4, 0.5) is 4.39 Å². The van der Waals surface area contributed by atoms with Gasteiger partial charge >= 0.3 is 0 Å². The summed E-state index contributed by atoms with van der Waals surface area (Å²) < 4.78 is 12.7. The third-order valence-electron chi connectivity index (χ3n) is 4.36. The van der Waals surface area contributed by atoms with Gasteiger partial charge in [-0.2, -0.15) is 9.65 Å². The monoisotopic (exact) mass is 283 g/mol. The van der Waals surface area contributed by atoms with Crippen molar-refractivity contribution < 1.29 is 4.39 Å². The predicted octanol–water partition coefficient (Wildman–Crippen LogP) is 5.46. The van der Waals surface area contributed by atoms with Crippen molar-refractivity contribution in [2.24, 2.45) is 5.92 Å². The molecule has 0 N–H and O–H groups in total. The van der Waals surface area contributed by atoms with Gasteiger partial charge in [0, 0.05) is 0 Å². The summed E-state index contributed by atoms with van der Waals surface area (Å²) >= 11 is 0. The van der Waals surface area contributed by atoms with Gasteiger partial charge < -0.3 is 0 Å². The average Bonchev–Trinajstić information content (AvgIpc) is 2.55. The first-order chi connectivity index (χ1) is 10.2. The fourth-order valence-electron chi connectivity index (χ4n) is 3.00. The normalized spacial score (nSPS) is 23.2. The van der Waals surface area contributed by atoms with Crippen LogP contribution in [0.2, 0.25) is 0 Å². The summed E-state index contributed by atoms with van der Waals surface area (Å²) in [7, 11) is 0. The Morgan fingerprint density at radius 3 is 2.48 bits per heavy atom. The van der Waals surface area contributed by atoms with Gasteiger partial charge in [-0.1, -0.05) is 43.3 Å². The van der Waals surface area contributed by atoms with Crippen LogP contribution in [0.1, 0.15) is 49.7 Å². The SMILES string of the molecule is CCc1ccc([C@H]2CC[C@H](C=CC=C(F)C#N)CC2)cc1. The van der Waals surface area contributed by atoms with Crippen molar-refractivity contribution in [2.75, 3.05) is 0 Å². The lowest BCUT2D eigenvalue weighted by Gasteiger charge is -2.27. The molecule has 2 heteroatoms.